The second kappa shape index (κ2) is 4.85. The lowest BCUT2D eigenvalue weighted by Gasteiger charge is -2.35. The van der Waals surface area contributed by atoms with Crippen LogP contribution in [0.25, 0.3) is 0 Å². The van der Waals surface area contributed by atoms with Crippen LogP contribution in [0.2, 0.25) is 0 Å². The first-order valence-electron chi connectivity index (χ1n) is 5.96. The molecule has 0 spiro atoms. The molecule has 0 aromatic heterocycles. The van der Waals surface area contributed by atoms with Gasteiger partial charge in [-0.05, 0) is 25.8 Å². The average Bonchev–Trinajstić information content (AvgIpc) is 2.30. The molecule has 0 aliphatic carbocycles. The highest BCUT2D eigenvalue weighted by molar-refractivity contribution is 5.34. The zero-order chi connectivity index (χ0) is 11.5. The Morgan fingerprint density at radius 3 is 2.56 bits per heavy atom. The molecule has 1 heterocycles. The van der Waals surface area contributed by atoms with Gasteiger partial charge in [0.25, 0.3) is 0 Å². The summed E-state index contributed by atoms with van der Waals surface area (Å²) >= 11 is 0. The summed E-state index contributed by atoms with van der Waals surface area (Å²) < 4.78 is 0. The fraction of sp³-hybridized carbons (Fsp3) is 0.538. The van der Waals surface area contributed by atoms with Crippen LogP contribution in [0.3, 0.4) is 0 Å². The van der Waals surface area contributed by atoms with Gasteiger partial charge in [0.15, 0.2) is 0 Å². The lowest BCUT2D eigenvalue weighted by molar-refractivity contribution is 0.161. The van der Waals surface area contributed by atoms with Crippen molar-refractivity contribution in [3.05, 3.63) is 29.8 Å². The van der Waals surface area contributed by atoms with Crippen LogP contribution >= 0.6 is 0 Å². The van der Waals surface area contributed by atoms with Gasteiger partial charge in [0.2, 0.25) is 0 Å². The summed E-state index contributed by atoms with van der Waals surface area (Å²) in [6.45, 7) is 4.19. The maximum atomic E-state index is 9.81. The molecular formula is C13H20N2O. The molecule has 3 N–H and O–H groups in total. The van der Waals surface area contributed by atoms with E-state index in [4.69, 9.17) is 5.73 Å². The Bertz CT molecular complexity index is 346. The second-order valence-corrected chi connectivity index (χ2v) is 4.61. The smallest absolute Gasteiger partial charge is 0.120 e. The summed E-state index contributed by atoms with van der Waals surface area (Å²) in [4.78, 5) is 2.39. The van der Waals surface area contributed by atoms with E-state index in [0.717, 1.165) is 31.5 Å². The number of benzene rings is 1. The number of para-hydroxylation sites is 1. The molecule has 3 nitrogen and oxygen atoms in total. The van der Waals surface area contributed by atoms with Gasteiger partial charge in [-0.2, -0.15) is 0 Å². The van der Waals surface area contributed by atoms with E-state index in [2.05, 4.69) is 11.8 Å². The van der Waals surface area contributed by atoms with Gasteiger partial charge in [-0.1, -0.05) is 18.2 Å². The zero-order valence-corrected chi connectivity index (χ0v) is 9.76. The van der Waals surface area contributed by atoms with E-state index in [9.17, 15) is 5.11 Å². The summed E-state index contributed by atoms with van der Waals surface area (Å²) in [5.74, 6) is 0.393. The molecule has 1 aliphatic rings. The molecule has 1 aromatic carbocycles. The third kappa shape index (κ3) is 2.36. The number of hydrogen-bond acceptors (Lipinski definition) is 3. The molecule has 0 bridgehead atoms. The van der Waals surface area contributed by atoms with Crippen LogP contribution in [0.5, 0.6) is 5.75 Å². The first-order valence-corrected chi connectivity index (χ1v) is 5.96. The predicted molar refractivity (Wildman–Crippen MR) is 65.3 cm³/mol. The number of aromatic hydroxyl groups is 1. The van der Waals surface area contributed by atoms with Gasteiger partial charge in [-0.3, -0.25) is 4.90 Å². The molecule has 1 saturated heterocycles. The number of hydrogen-bond donors (Lipinski definition) is 2. The summed E-state index contributed by atoms with van der Waals surface area (Å²) in [6.07, 6.45) is 2.11. The number of piperidine rings is 1. The summed E-state index contributed by atoms with van der Waals surface area (Å²) in [5, 5.41) is 9.81. The number of nitrogens with zero attached hydrogens (tertiary/aromatic N) is 1. The predicted octanol–water partition coefficient (Wildman–Crippen LogP) is 1.88. The van der Waals surface area contributed by atoms with Crippen molar-refractivity contribution in [2.24, 2.45) is 5.73 Å². The molecule has 1 atom stereocenters. The third-order valence-corrected chi connectivity index (χ3v) is 3.51. The molecule has 1 unspecified atom stereocenters. The molecule has 1 aromatic rings. The number of likely N-dealkylation sites (tertiary alicyclic amines) is 1. The topological polar surface area (TPSA) is 49.5 Å². The summed E-state index contributed by atoms with van der Waals surface area (Å²) in [5.41, 5.74) is 6.90. The first kappa shape index (κ1) is 11.4. The molecule has 3 heteroatoms. The van der Waals surface area contributed by atoms with Crippen molar-refractivity contribution in [2.75, 3.05) is 13.1 Å². The molecule has 1 fully saturated rings. The average molecular weight is 220 g/mol. The normalized spacial score (nSPS) is 20.9. The van der Waals surface area contributed by atoms with E-state index in [1.54, 1.807) is 6.07 Å². The molecule has 16 heavy (non-hydrogen) atoms. The largest absolute Gasteiger partial charge is 0.508 e. The van der Waals surface area contributed by atoms with E-state index >= 15 is 0 Å². The Labute approximate surface area is 96.9 Å². The van der Waals surface area contributed by atoms with Crippen molar-refractivity contribution in [3.63, 3.8) is 0 Å². The van der Waals surface area contributed by atoms with Gasteiger partial charge in [0.1, 0.15) is 5.75 Å². The molecule has 0 amide bonds. The summed E-state index contributed by atoms with van der Waals surface area (Å²) in [7, 11) is 0. The van der Waals surface area contributed by atoms with Crippen LogP contribution in [0, 0.1) is 0 Å². The lowest BCUT2D eigenvalue weighted by Crippen LogP contribution is -2.40. The van der Waals surface area contributed by atoms with E-state index in [1.165, 1.54) is 0 Å². The van der Waals surface area contributed by atoms with E-state index in [-0.39, 0.29) is 6.04 Å². The van der Waals surface area contributed by atoms with Gasteiger partial charge in [-0.15, -0.1) is 0 Å². The Morgan fingerprint density at radius 1 is 1.31 bits per heavy atom. The molecule has 1 aliphatic heterocycles. The van der Waals surface area contributed by atoms with Crippen molar-refractivity contribution >= 4 is 0 Å². The minimum Gasteiger partial charge on any atom is -0.508 e. The van der Waals surface area contributed by atoms with Crippen molar-refractivity contribution in [3.8, 4) is 5.75 Å². The van der Waals surface area contributed by atoms with Gasteiger partial charge in [-0.25, -0.2) is 0 Å². The van der Waals surface area contributed by atoms with Crippen LogP contribution in [0.15, 0.2) is 24.3 Å². The van der Waals surface area contributed by atoms with Crippen LogP contribution in [0.1, 0.15) is 31.4 Å². The fourth-order valence-electron chi connectivity index (χ4n) is 2.34. The highest BCUT2D eigenvalue weighted by Gasteiger charge is 2.22. The standard InChI is InChI=1S/C13H20N2O/c1-10(12-4-2-3-5-13(12)16)15-8-6-11(14)7-9-15/h2-5,10-11,16H,6-9,14H2,1H3. The fourth-order valence-corrected chi connectivity index (χ4v) is 2.34. The maximum absolute atomic E-state index is 9.81. The Kier molecular flexibility index (Phi) is 3.46. The van der Waals surface area contributed by atoms with Gasteiger partial charge in [0, 0.05) is 30.7 Å². The molecule has 88 valence electrons. The van der Waals surface area contributed by atoms with Crippen molar-refractivity contribution in [1.82, 2.24) is 4.90 Å². The SMILES string of the molecule is CC(c1ccccc1O)N1CCC(N)CC1. The van der Waals surface area contributed by atoms with Crippen LogP contribution in [-0.4, -0.2) is 29.1 Å². The van der Waals surface area contributed by atoms with Gasteiger partial charge < -0.3 is 10.8 Å². The maximum Gasteiger partial charge on any atom is 0.120 e. The monoisotopic (exact) mass is 220 g/mol. The molecular weight excluding hydrogens is 200 g/mol. The number of phenols is 1. The van der Waals surface area contributed by atoms with E-state index < -0.39 is 0 Å². The van der Waals surface area contributed by atoms with E-state index in [1.807, 2.05) is 18.2 Å². The zero-order valence-electron chi connectivity index (χ0n) is 9.76. The Hall–Kier alpha value is -1.06. The highest BCUT2D eigenvalue weighted by atomic mass is 16.3. The van der Waals surface area contributed by atoms with Gasteiger partial charge in [0.05, 0.1) is 0 Å². The van der Waals surface area contributed by atoms with Crippen LogP contribution in [0.4, 0.5) is 0 Å². The molecule has 0 saturated carbocycles. The Morgan fingerprint density at radius 2 is 1.94 bits per heavy atom. The minimum atomic E-state index is 0.272. The third-order valence-electron chi connectivity index (χ3n) is 3.51. The minimum absolute atomic E-state index is 0.272. The summed E-state index contributed by atoms with van der Waals surface area (Å²) in [6, 6.07) is 8.20. The quantitative estimate of drug-likeness (QED) is 0.800. The van der Waals surface area contributed by atoms with Crippen LogP contribution in [-0.2, 0) is 0 Å². The molecule has 0 radical (unpaired) electrons. The highest BCUT2D eigenvalue weighted by Crippen LogP contribution is 2.29. The van der Waals surface area contributed by atoms with Crippen molar-refractivity contribution < 1.29 is 5.11 Å². The number of rotatable bonds is 2. The van der Waals surface area contributed by atoms with E-state index in [0.29, 0.717) is 11.8 Å². The van der Waals surface area contributed by atoms with Crippen LogP contribution < -0.4 is 5.73 Å². The van der Waals surface area contributed by atoms with Crippen molar-refractivity contribution in [1.29, 1.82) is 0 Å². The number of phenolic OH excluding ortho intramolecular Hbond substituents is 1. The van der Waals surface area contributed by atoms with Crippen molar-refractivity contribution in [2.45, 2.75) is 31.8 Å². The second-order valence-electron chi connectivity index (χ2n) is 4.61. The lowest BCUT2D eigenvalue weighted by atomic mass is 10.0. The number of nitrogens with two attached hydrogens (primary N) is 1. The molecule has 2 rings (SSSR count). The first-order chi connectivity index (χ1) is 7.68. The Balaban J connectivity index is 2.07. The van der Waals surface area contributed by atoms with Gasteiger partial charge >= 0.3 is 0 Å².